The molecule has 0 aromatic heterocycles. The number of carbonyl (C=O) groups excluding carboxylic acids is 2. The first-order valence-electron chi connectivity index (χ1n) is 5.55. The van der Waals surface area contributed by atoms with Gasteiger partial charge in [-0.15, -0.1) is 0 Å². The lowest BCUT2D eigenvalue weighted by molar-refractivity contribution is -0.119. The van der Waals surface area contributed by atoms with Gasteiger partial charge in [0.2, 0.25) is 5.91 Å². The van der Waals surface area contributed by atoms with E-state index in [9.17, 15) is 18.4 Å². The van der Waals surface area contributed by atoms with E-state index in [0.29, 0.717) is 0 Å². The van der Waals surface area contributed by atoms with Crippen LogP contribution in [-0.4, -0.2) is 24.8 Å². The van der Waals surface area contributed by atoms with Crippen LogP contribution in [0.4, 0.5) is 14.5 Å². The summed E-state index contributed by atoms with van der Waals surface area (Å²) >= 11 is 5.83. The molecule has 7 heteroatoms. The van der Waals surface area contributed by atoms with E-state index in [1.165, 1.54) is 25.2 Å². The Hall–Kier alpha value is -1.69. The number of hydrogen-bond donors (Lipinski definition) is 2. The Kier molecular flexibility index (Phi) is 3.45. The SMILES string of the molecule is CNC(=O)c1cc(NC(=O)C2CC2(F)F)ccc1Cl. The number of hydrogen-bond acceptors (Lipinski definition) is 2. The van der Waals surface area contributed by atoms with Crippen LogP contribution in [0.15, 0.2) is 18.2 Å². The lowest BCUT2D eigenvalue weighted by atomic mass is 10.2. The van der Waals surface area contributed by atoms with Gasteiger partial charge >= 0.3 is 0 Å². The van der Waals surface area contributed by atoms with Crippen molar-refractivity contribution < 1.29 is 18.4 Å². The predicted molar refractivity (Wildman–Crippen MR) is 66.5 cm³/mol. The molecule has 1 atom stereocenters. The molecule has 0 aliphatic heterocycles. The molecule has 1 aromatic rings. The second-order valence-electron chi connectivity index (χ2n) is 4.28. The van der Waals surface area contributed by atoms with Gasteiger partial charge in [0.15, 0.2) is 0 Å². The fourth-order valence-corrected chi connectivity index (χ4v) is 1.84. The molecule has 2 N–H and O–H groups in total. The van der Waals surface area contributed by atoms with Crippen molar-refractivity contribution in [2.45, 2.75) is 12.3 Å². The van der Waals surface area contributed by atoms with Crippen molar-refractivity contribution in [2.24, 2.45) is 5.92 Å². The van der Waals surface area contributed by atoms with Gasteiger partial charge in [-0.2, -0.15) is 0 Å². The van der Waals surface area contributed by atoms with E-state index in [-0.39, 0.29) is 16.3 Å². The van der Waals surface area contributed by atoms with Crippen LogP contribution in [0.3, 0.4) is 0 Å². The van der Waals surface area contributed by atoms with E-state index in [4.69, 9.17) is 11.6 Å². The maximum absolute atomic E-state index is 12.7. The number of benzene rings is 1. The van der Waals surface area contributed by atoms with E-state index in [2.05, 4.69) is 10.6 Å². The van der Waals surface area contributed by atoms with Gasteiger partial charge < -0.3 is 10.6 Å². The van der Waals surface area contributed by atoms with Crippen molar-refractivity contribution in [1.82, 2.24) is 5.32 Å². The van der Waals surface area contributed by atoms with E-state index in [0.717, 1.165) is 0 Å². The first-order valence-corrected chi connectivity index (χ1v) is 5.93. The summed E-state index contributed by atoms with van der Waals surface area (Å²) in [6.07, 6.45) is -0.436. The molecule has 1 aliphatic carbocycles. The van der Waals surface area contributed by atoms with E-state index in [1.54, 1.807) is 0 Å². The number of alkyl halides is 2. The molecule has 102 valence electrons. The second kappa shape index (κ2) is 4.77. The number of rotatable bonds is 3. The van der Waals surface area contributed by atoms with Gasteiger partial charge in [-0.3, -0.25) is 9.59 Å². The normalized spacial score (nSPS) is 19.7. The van der Waals surface area contributed by atoms with Crippen LogP contribution in [0.2, 0.25) is 5.02 Å². The molecule has 2 amide bonds. The van der Waals surface area contributed by atoms with Crippen LogP contribution in [0.1, 0.15) is 16.8 Å². The largest absolute Gasteiger partial charge is 0.355 e. The van der Waals surface area contributed by atoms with Gasteiger partial charge in [-0.1, -0.05) is 11.6 Å². The van der Waals surface area contributed by atoms with Crippen LogP contribution < -0.4 is 10.6 Å². The third-order valence-electron chi connectivity index (χ3n) is 2.85. The lowest BCUT2D eigenvalue weighted by Crippen LogP contribution is -2.20. The number of anilines is 1. The average molecular weight is 289 g/mol. The van der Waals surface area contributed by atoms with E-state index >= 15 is 0 Å². The quantitative estimate of drug-likeness (QED) is 0.896. The summed E-state index contributed by atoms with van der Waals surface area (Å²) in [6, 6.07) is 4.22. The smallest absolute Gasteiger partial charge is 0.260 e. The van der Waals surface area contributed by atoms with E-state index < -0.39 is 30.1 Å². The van der Waals surface area contributed by atoms with Crippen molar-refractivity contribution in [2.75, 3.05) is 12.4 Å². The molecular formula is C12H11ClF2N2O2. The number of carbonyl (C=O) groups is 2. The Labute approximate surface area is 113 Å². The molecular weight excluding hydrogens is 278 g/mol. The van der Waals surface area contributed by atoms with Gasteiger partial charge in [-0.05, 0) is 18.2 Å². The molecule has 19 heavy (non-hydrogen) atoms. The van der Waals surface area contributed by atoms with Crippen molar-refractivity contribution in [3.63, 3.8) is 0 Å². The third kappa shape index (κ3) is 2.84. The highest BCUT2D eigenvalue weighted by atomic mass is 35.5. The summed E-state index contributed by atoms with van der Waals surface area (Å²) in [4.78, 5) is 23.0. The molecule has 1 aliphatic rings. The predicted octanol–water partition coefficient (Wildman–Crippen LogP) is 2.29. The maximum atomic E-state index is 12.7. The summed E-state index contributed by atoms with van der Waals surface area (Å²) in [5.74, 6) is -5.38. The van der Waals surface area contributed by atoms with Crippen molar-refractivity contribution in [3.05, 3.63) is 28.8 Å². The molecule has 1 aromatic carbocycles. The Morgan fingerprint density at radius 3 is 2.58 bits per heavy atom. The summed E-state index contributed by atoms with van der Waals surface area (Å²) in [7, 11) is 1.44. The number of nitrogens with one attached hydrogen (secondary N) is 2. The molecule has 1 fully saturated rings. The first kappa shape index (κ1) is 13.7. The zero-order valence-electron chi connectivity index (χ0n) is 9.97. The van der Waals surface area contributed by atoms with Crippen LogP contribution in [0, 0.1) is 5.92 Å². The maximum Gasteiger partial charge on any atom is 0.260 e. The fraction of sp³-hybridized carbons (Fsp3) is 0.333. The summed E-state index contributed by atoms with van der Waals surface area (Å²) in [5.41, 5.74) is 0.431. The lowest BCUT2D eigenvalue weighted by Gasteiger charge is -2.08. The summed E-state index contributed by atoms with van der Waals surface area (Å²) in [5, 5.41) is 4.96. The van der Waals surface area contributed by atoms with Gasteiger partial charge in [-0.25, -0.2) is 8.78 Å². The van der Waals surface area contributed by atoms with Crippen molar-refractivity contribution in [1.29, 1.82) is 0 Å². The van der Waals surface area contributed by atoms with Gasteiger partial charge in [0, 0.05) is 19.2 Å². The van der Waals surface area contributed by atoms with Crippen LogP contribution in [0.25, 0.3) is 0 Å². The summed E-state index contributed by atoms with van der Waals surface area (Å²) < 4.78 is 25.5. The molecule has 0 bridgehead atoms. The first-order chi connectivity index (χ1) is 8.85. The highest BCUT2D eigenvalue weighted by Crippen LogP contribution is 2.49. The molecule has 4 nitrogen and oxygen atoms in total. The van der Waals surface area contributed by atoms with Crippen LogP contribution in [0.5, 0.6) is 0 Å². The summed E-state index contributed by atoms with van der Waals surface area (Å²) in [6.45, 7) is 0. The van der Waals surface area contributed by atoms with Gasteiger partial charge in [0.1, 0.15) is 5.92 Å². The Balaban J connectivity index is 2.13. The zero-order chi connectivity index (χ0) is 14.2. The number of amides is 2. The molecule has 0 saturated heterocycles. The highest BCUT2D eigenvalue weighted by Gasteiger charge is 2.61. The molecule has 0 radical (unpaired) electrons. The third-order valence-corrected chi connectivity index (χ3v) is 3.18. The van der Waals surface area contributed by atoms with Crippen LogP contribution >= 0.6 is 11.6 Å². The fourth-order valence-electron chi connectivity index (χ4n) is 1.64. The zero-order valence-corrected chi connectivity index (χ0v) is 10.7. The Morgan fingerprint density at radius 2 is 2.05 bits per heavy atom. The van der Waals surface area contributed by atoms with Gasteiger partial charge in [0.05, 0.1) is 10.6 Å². The van der Waals surface area contributed by atoms with Crippen LogP contribution in [-0.2, 0) is 4.79 Å². The number of halogens is 3. The molecule has 2 rings (SSSR count). The monoisotopic (exact) mass is 288 g/mol. The standard InChI is InChI=1S/C12H11ClF2N2O2/c1-16-10(18)7-4-6(2-3-9(7)13)17-11(19)8-5-12(8,14)15/h2-4,8H,5H2,1H3,(H,16,18)(H,17,19). The second-order valence-corrected chi connectivity index (χ2v) is 4.69. The van der Waals surface area contributed by atoms with Gasteiger partial charge in [0.25, 0.3) is 11.8 Å². The minimum atomic E-state index is -2.92. The minimum absolute atomic E-state index is 0.171. The average Bonchev–Trinajstić information content (AvgIpc) is 3.00. The van der Waals surface area contributed by atoms with E-state index in [1.807, 2.05) is 0 Å². The molecule has 0 heterocycles. The van der Waals surface area contributed by atoms with Crippen molar-refractivity contribution in [3.8, 4) is 0 Å². The molecule has 0 spiro atoms. The Morgan fingerprint density at radius 1 is 1.42 bits per heavy atom. The molecule has 1 saturated carbocycles. The Bertz CT molecular complexity index is 549. The molecule has 1 unspecified atom stereocenters. The topological polar surface area (TPSA) is 58.2 Å². The highest BCUT2D eigenvalue weighted by molar-refractivity contribution is 6.34. The minimum Gasteiger partial charge on any atom is -0.355 e. The van der Waals surface area contributed by atoms with Crippen molar-refractivity contribution >= 4 is 29.1 Å².